The molecule has 2 rings (SSSR count). The standard InChI is InChI=1S/C10H9Cl2NS/c11-5-9-6-14-10(13-9)7-1-3-8(12)4-2-7/h1-4,9H,5-6H2. The highest BCUT2D eigenvalue weighted by Gasteiger charge is 2.17. The number of hydrogen-bond donors (Lipinski definition) is 0. The average Bonchev–Trinajstić information content (AvgIpc) is 2.67. The molecule has 0 N–H and O–H groups in total. The SMILES string of the molecule is ClCC1CSC(c2ccc(Cl)cc2)=N1. The van der Waals surface area contributed by atoms with Crippen LogP contribution in [0.2, 0.25) is 5.02 Å². The van der Waals surface area contributed by atoms with E-state index in [2.05, 4.69) is 4.99 Å². The van der Waals surface area contributed by atoms with Gasteiger partial charge in [0.1, 0.15) is 0 Å². The molecule has 0 aromatic heterocycles. The van der Waals surface area contributed by atoms with Crippen LogP contribution in [-0.2, 0) is 0 Å². The fraction of sp³-hybridized carbons (Fsp3) is 0.300. The Morgan fingerprint density at radius 3 is 2.64 bits per heavy atom. The van der Waals surface area contributed by atoms with Crippen molar-refractivity contribution in [2.45, 2.75) is 6.04 Å². The van der Waals surface area contributed by atoms with Crippen LogP contribution in [0.3, 0.4) is 0 Å². The van der Waals surface area contributed by atoms with E-state index in [1.54, 1.807) is 11.8 Å². The number of benzene rings is 1. The Morgan fingerprint density at radius 1 is 1.36 bits per heavy atom. The van der Waals surface area contributed by atoms with Crippen LogP contribution in [0.15, 0.2) is 29.3 Å². The number of nitrogens with zero attached hydrogens (tertiary/aromatic N) is 1. The van der Waals surface area contributed by atoms with Gasteiger partial charge in [0, 0.05) is 22.2 Å². The third kappa shape index (κ3) is 2.25. The van der Waals surface area contributed by atoms with E-state index in [4.69, 9.17) is 23.2 Å². The van der Waals surface area contributed by atoms with Crippen molar-refractivity contribution >= 4 is 40.0 Å². The van der Waals surface area contributed by atoms with Crippen LogP contribution in [0, 0.1) is 0 Å². The molecule has 14 heavy (non-hydrogen) atoms. The molecule has 1 aliphatic rings. The van der Waals surface area contributed by atoms with E-state index < -0.39 is 0 Å². The first-order valence-corrected chi connectivity index (χ1v) is 6.22. The van der Waals surface area contributed by atoms with Gasteiger partial charge >= 0.3 is 0 Å². The van der Waals surface area contributed by atoms with Crippen molar-refractivity contribution in [2.24, 2.45) is 4.99 Å². The Morgan fingerprint density at radius 2 is 2.07 bits per heavy atom. The van der Waals surface area contributed by atoms with Crippen molar-refractivity contribution < 1.29 is 0 Å². The molecule has 1 unspecified atom stereocenters. The molecule has 0 aliphatic carbocycles. The minimum atomic E-state index is 0.271. The van der Waals surface area contributed by atoms with Crippen molar-refractivity contribution in [1.29, 1.82) is 0 Å². The van der Waals surface area contributed by atoms with Gasteiger partial charge in [-0.15, -0.1) is 23.4 Å². The van der Waals surface area contributed by atoms with Gasteiger partial charge in [0.2, 0.25) is 0 Å². The number of alkyl halides is 1. The lowest BCUT2D eigenvalue weighted by Crippen LogP contribution is -2.03. The molecule has 0 radical (unpaired) electrons. The normalized spacial score (nSPS) is 21.0. The number of rotatable bonds is 2. The summed E-state index contributed by atoms with van der Waals surface area (Å²) >= 11 is 13.3. The van der Waals surface area contributed by atoms with Crippen LogP contribution in [0.5, 0.6) is 0 Å². The summed E-state index contributed by atoms with van der Waals surface area (Å²) in [6.07, 6.45) is 0. The van der Waals surface area contributed by atoms with E-state index in [0.29, 0.717) is 5.88 Å². The molecule has 0 saturated heterocycles. The maximum atomic E-state index is 5.81. The molecule has 0 saturated carbocycles. The van der Waals surface area contributed by atoms with E-state index in [1.807, 2.05) is 24.3 Å². The second-order valence-corrected chi connectivity index (χ2v) is 4.81. The van der Waals surface area contributed by atoms with Crippen molar-refractivity contribution in [1.82, 2.24) is 0 Å². The Labute approximate surface area is 97.5 Å². The van der Waals surface area contributed by atoms with Gasteiger partial charge < -0.3 is 0 Å². The predicted octanol–water partition coefficient (Wildman–Crippen LogP) is 3.44. The highest BCUT2D eigenvalue weighted by molar-refractivity contribution is 8.14. The number of hydrogen-bond acceptors (Lipinski definition) is 2. The third-order valence-electron chi connectivity index (χ3n) is 1.98. The molecule has 0 spiro atoms. The molecule has 74 valence electrons. The van der Waals surface area contributed by atoms with E-state index in [9.17, 15) is 0 Å². The van der Waals surface area contributed by atoms with E-state index in [-0.39, 0.29) is 6.04 Å². The Balaban J connectivity index is 2.20. The second kappa shape index (κ2) is 4.56. The second-order valence-electron chi connectivity index (χ2n) is 3.06. The first-order valence-electron chi connectivity index (χ1n) is 4.32. The lowest BCUT2D eigenvalue weighted by molar-refractivity contribution is 0.873. The maximum absolute atomic E-state index is 5.81. The Kier molecular flexibility index (Phi) is 3.37. The summed E-state index contributed by atoms with van der Waals surface area (Å²) < 4.78 is 0. The number of thioether (sulfide) groups is 1. The van der Waals surface area contributed by atoms with E-state index >= 15 is 0 Å². The highest BCUT2D eigenvalue weighted by atomic mass is 35.5. The zero-order chi connectivity index (χ0) is 9.97. The zero-order valence-corrected chi connectivity index (χ0v) is 9.74. The van der Waals surface area contributed by atoms with Gasteiger partial charge in [-0.05, 0) is 12.1 Å². The van der Waals surface area contributed by atoms with Crippen LogP contribution in [0.25, 0.3) is 0 Å². The van der Waals surface area contributed by atoms with Crippen LogP contribution >= 0.6 is 35.0 Å². The third-order valence-corrected chi connectivity index (χ3v) is 3.76. The lowest BCUT2D eigenvalue weighted by Gasteiger charge is -1.98. The summed E-state index contributed by atoms with van der Waals surface area (Å²) in [4.78, 5) is 4.51. The predicted molar refractivity (Wildman–Crippen MR) is 65.0 cm³/mol. The molecule has 0 amide bonds. The highest BCUT2D eigenvalue weighted by Crippen LogP contribution is 2.24. The molecule has 0 bridgehead atoms. The number of aliphatic imine (C=N–C) groups is 1. The molecule has 1 aromatic carbocycles. The first kappa shape index (κ1) is 10.3. The fourth-order valence-electron chi connectivity index (χ4n) is 1.24. The average molecular weight is 246 g/mol. The largest absolute Gasteiger partial charge is 0.272 e. The maximum Gasteiger partial charge on any atom is 0.0981 e. The van der Waals surface area contributed by atoms with Crippen LogP contribution in [0.4, 0.5) is 0 Å². The smallest absolute Gasteiger partial charge is 0.0981 e. The van der Waals surface area contributed by atoms with Crippen molar-refractivity contribution in [3.8, 4) is 0 Å². The quantitative estimate of drug-likeness (QED) is 0.728. The summed E-state index contributed by atoms with van der Waals surface area (Å²) in [5, 5.41) is 1.83. The van der Waals surface area contributed by atoms with Gasteiger partial charge in [-0.25, -0.2) is 0 Å². The van der Waals surface area contributed by atoms with Gasteiger partial charge in [0.05, 0.1) is 11.1 Å². The minimum absolute atomic E-state index is 0.271. The lowest BCUT2D eigenvalue weighted by atomic mass is 10.2. The molecule has 1 aromatic rings. The zero-order valence-electron chi connectivity index (χ0n) is 7.41. The molecule has 4 heteroatoms. The van der Waals surface area contributed by atoms with Gasteiger partial charge in [-0.1, -0.05) is 23.7 Å². The van der Waals surface area contributed by atoms with Gasteiger partial charge in [0.25, 0.3) is 0 Å². The Bertz CT molecular complexity index is 348. The van der Waals surface area contributed by atoms with Crippen molar-refractivity contribution in [2.75, 3.05) is 11.6 Å². The topological polar surface area (TPSA) is 12.4 Å². The summed E-state index contributed by atoms with van der Waals surface area (Å²) in [5.74, 6) is 1.59. The number of halogens is 2. The fourth-order valence-corrected chi connectivity index (χ4v) is 2.75. The van der Waals surface area contributed by atoms with Crippen LogP contribution in [0.1, 0.15) is 5.56 Å². The molecule has 1 atom stereocenters. The molecule has 1 heterocycles. The van der Waals surface area contributed by atoms with E-state index in [0.717, 1.165) is 21.4 Å². The van der Waals surface area contributed by atoms with Gasteiger partial charge in [0.15, 0.2) is 0 Å². The van der Waals surface area contributed by atoms with Crippen LogP contribution < -0.4 is 0 Å². The van der Waals surface area contributed by atoms with E-state index in [1.165, 1.54) is 0 Å². The first-order chi connectivity index (χ1) is 6.79. The summed E-state index contributed by atoms with van der Waals surface area (Å²) in [6, 6.07) is 8.02. The molecule has 1 nitrogen and oxygen atoms in total. The van der Waals surface area contributed by atoms with Gasteiger partial charge in [-0.3, -0.25) is 4.99 Å². The molecule has 1 aliphatic heterocycles. The molecular formula is C10H9Cl2NS. The van der Waals surface area contributed by atoms with Crippen molar-refractivity contribution in [3.05, 3.63) is 34.9 Å². The van der Waals surface area contributed by atoms with Crippen LogP contribution in [-0.4, -0.2) is 22.7 Å². The molecule has 0 fully saturated rings. The summed E-state index contributed by atoms with van der Waals surface area (Å²) in [7, 11) is 0. The Hall–Kier alpha value is -0.180. The van der Waals surface area contributed by atoms with Gasteiger partial charge in [-0.2, -0.15) is 0 Å². The summed E-state index contributed by atoms with van der Waals surface area (Å²) in [5.41, 5.74) is 1.13. The monoisotopic (exact) mass is 245 g/mol. The summed E-state index contributed by atoms with van der Waals surface area (Å²) in [6.45, 7) is 0. The molecular weight excluding hydrogens is 237 g/mol. The van der Waals surface area contributed by atoms with Crippen molar-refractivity contribution in [3.63, 3.8) is 0 Å². The minimum Gasteiger partial charge on any atom is -0.272 e.